The highest BCUT2D eigenvalue weighted by atomic mass is 35.5. The highest BCUT2D eigenvalue weighted by Gasteiger charge is 2.30. The maximum absolute atomic E-state index is 12.1. The number of amides is 2. The van der Waals surface area contributed by atoms with E-state index in [9.17, 15) is 14.7 Å². The van der Waals surface area contributed by atoms with Gasteiger partial charge in [-0.3, -0.25) is 0 Å². The third kappa shape index (κ3) is 3.65. The predicted octanol–water partition coefficient (Wildman–Crippen LogP) is 1.49. The summed E-state index contributed by atoms with van der Waals surface area (Å²) in [6, 6.07) is 4.86. The first-order valence-corrected chi connectivity index (χ1v) is 7.04. The molecule has 7 heteroatoms. The van der Waals surface area contributed by atoms with Crippen molar-refractivity contribution in [3.05, 3.63) is 34.9 Å². The van der Waals surface area contributed by atoms with Crippen molar-refractivity contribution >= 4 is 23.6 Å². The number of carbonyl (C=O) groups is 2. The minimum Gasteiger partial charge on any atom is -0.479 e. The van der Waals surface area contributed by atoms with Crippen LogP contribution in [0, 0.1) is 5.92 Å². The van der Waals surface area contributed by atoms with Crippen LogP contribution in [0.15, 0.2) is 24.3 Å². The van der Waals surface area contributed by atoms with Crippen LogP contribution in [0.3, 0.4) is 0 Å². The number of rotatable bonds is 4. The van der Waals surface area contributed by atoms with E-state index in [2.05, 4.69) is 5.32 Å². The van der Waals surface area contributed by atoms with E-state index >= 15 is 0 Å². The highest BCUT2D eigenvalue weighted by molar-refractivity contribution is 6.31. The Morgan fingerprint density at radius 2 is 2.14 bits per heavy atom. The van der Waals surface area contributed by atoms with Gasteiger partial charge in [0.15, 0.2) is 6.04 Å². The van der Waals surface area contributed by atoms with Crippen LogP contribution in [0.4, 0.5) is 4.79 Å². The maximum atomic E-state index is 12.1. The lowest BCUT2D eigenvalue weighted by atomic mass is 10.1. The summed E-state index contributed by atoms with van der Waals surface area (Å²) >= 11 is 5.99. The summed E-state index contributed by atoms with van der Waals surface area (Å²) in [4.78, 5) is 25.0. The molecule has 1 unspecified atom stereocenters. The number of benzene rings is 1. The van der Waals surface area contributed by atoms with Gasteiger partial charge in [-0.2, -0.15) is 0 Å². The zero-order valence-electron chi connectivity index (χ0n) is 11.3. The number of hydrogen-bond donors (Lipinski definition) is 3. The first-order chi connectivity index (χ1) is 10.0. The monoisotopic (exact) mass is 312 g/mol. The van der Waals surface area contributed by atoms with Gasteiger partial charge in [0.2, 0.25) is 0 Å². The number of hydrogen-bond acceptors (Lipinski definition) is 3. The lowest BCUT2D eigenvalue weighted by Crippen LogP contribution is -2.43. The second-order valence-corrected chi connectivity index (χ2v) is 5.43. The Morgan fingerprint density at radius 3 is 2.71 bits per heavy atom. The minimum atomic E-state index is -1.20. The predicted molar refractivity (Wildman–Crippen MR) is 77.1 cm³/mol. The van der Waals surface area contributed by atoms with Crippen LogP contribution in [-0.4, -0.2) is 46.8 Å². The molecule has 1 saturated heterocycles. The quantitative estimate of drug-likeness (QED) is 0.785. The Bertz CT molecular complexity index is 537. The molecule has 2 amide bonds. The Hall–Kier alpha value is -1.79. The van der Waals surface area contributed by atoms with Crippen molar-refractivity contribution in [3.8, 4) is 0 Å². The van der Waals surface area contributed by atoms with Gasteiger partial charge >= 0.3 is 12.0 Å². The average molecular weight is 313 g/mol. The second kappa shape index (κ2) is 6.78. The van der Waals surface area contributed by atoms with Crippen molar-refractivity contribution in [3.63, 3.8) is 0 Å². The summed E-state index contributed by atoms with van der Waals surface area (Å²) in [5.41, 5.74) is 0.345. The molecule has 2 rings (SSSR count). The summed E-state index contributed by atoms with van der Waals surface area (Å²) in [5.74, 6) is -1.12. The normalized spacial score (nSPS) is 19.3. The Balaban J connectivity index is 2.09. The summed E-state index contributed by atoms with van der Waals surface area (Å²) in [6.45, 7) is 0.958. The van der Waals surface area contributed by atoms with Crippen LogP contribution >= 0.6 is 11.6 Å². The molecule has 0 aromatic heterocycles. The van der Waals surface area contributed by atoms with E-state index in [0.717, 1.165) is 0 Å². The Morgan fingerprint density at radius 1 is 1.43 bits per heavy atom. The van der Waals surface area contributed by atoms with Gasteiger partial charge in [0, 0.05) is 36.2 Å². The molecule has 0 spiro atoms. The summed E-state index contributed by atoms with van der Waals surface area (Å²) in [6.07, 6.45) is 0.716. The van der Waals surface area contributed by atoms with Crippen molar-refractivity contribution in [2.45, 2.75) is 12.5 Å². The fourth-order valence-corrected chi connectivity index (χ4v) is 2.61. The van der Waals surface area contributed by atoms with Gasteiger partial charge in [0.1, 0.15) is 0 Å². The van der Waals surface area contributed by atoms with E-state index < -0.39 is 18.0 Å². The molecular formula is C14H17ClN2O4. The standard InChI is InChI=1S/C14H17ClN2O4/c15-11-4-2-1-3-10(11)12(13(19)20)16-14(21)17-6-5-9(7-17)8-18/h1-4,9,12,18H,5-8H2,(H,16,21)(H,19,20)/t9?,12-/m1/s1. The van der Waals surface area contributed by atoms with E-state index in [1.807, 2.05) is 0 Å². The number of aliphatic carboxylic acids is 1. The minimum absolute atomic E-state index is 0.0245. The largest absolute Gasteiger partial charge is 0.479 e. The third-order valence-corrected chi connectivity index (χ3v) is 3.91. The van der Waals surface area contributed by atoms with Gasteiger partial charge in [0.05, 0.1) is 0 Å². The number of urea groups is 1. The molecule has 1 aromatic carbocycles. The van der Waals surface area contributed by atoms with Gasteiger partial charge in [-0.25, -0.2) is 9.59 Å². The van der Waals surface area contributed by atoms with E-state index in [0.29, 0.717) is 30.1 Å². The van der Waals surface area contributed by atoms with Gasteiger partial charge in [-0.05, 0) is 12.5 Å². The first-order valence-electron chi connectivity index (χ1n) is 6.66. The fraction of sp³-hybridized carbons (Fsp3) is 0.429. The molecule has 3 N–H and O–H groups in total. The Labute approximate surface area is 127 Å². The van der Waals surface area contributed by atoms with Gasteiger partial charge < -0.3 is 20.4 Å². The Kier molecular flexibility index (Phi) is 5.03. The molecule has 1 heterocycles. The van der Waals surface area contributed by atoms with Crippen molar-refractivity contribution in [2.24, 2.45) is 5.92 Å². The molecular weight excluding hydrogens is 296 g/mol. The van der Waals surface area contributed by atoms with Crippen molar-refractivity contribution in [2.75, 3.05) is 19.7 Å². The summed E-state index contributed by atoms with van der Waals surface area (Å²) < 4.78 is 0. The smallest absolute Gasteiger partial charge is 0.331 e. The van der Waals surface area contributed by atoms with Crippen molar-refractivity contribution < 1.29 is 19.8 Å². The summed E-state index contributed by atoms with van der Waals surface area (Å²) in [7, 11) is 0. The molecule has 114 valence electrons. The maximum Gasteiger partial charge on any atom is 0.331 e. The zero-order chi connectivity index (χ0) is 15.4. The number of carboxylic acids is 1. The molecule has 0 bridgehead atoms. The first kappa shape index (κ1) is 15.6. The molecule has 0 aliphatic carbocycles. The number of nitrogens with zero attached hydrogens (tertiary/aromatic N) is 1. The number of nitrogens with one attached hydrogen (secondary N) is 1. The molecule has 2 atom stereocenters. The van der Waals surface area contributed by atoms with E-state index in [1.165, 1.54) is 4.90 Å². The van der Waals surface area contributed by atoms with Gasteiger partial charge in [-0.15, -0.1) is 0 Å². The number of likely N-dealkylation sites (tertiary alicyclic amines) is 1. The van der Waals surface area contributed by atoms with E-state index in [1.54, 1.807) is 24.3 Å². The molecule has 1 fully saturated rings. The number of aliphatic hydroxyl groups excluding tert-OH is 1. The van der Waals surface area contributed by atoms with Crippen LogP contribution < -0.4 is 5.32 Å². The molecule has 0 radical (unpaired) electrons. The SMILES string of the molecule is O=C(O)[C@H](NC(=O)N1CCC(CO)C1)c1ccccc1Cl. The highest BCUT2D eigenvalue weighted by Crippen LogP contribution is 2.24. The second-order valence-electron chi connectivity index (χ2n) is 5.03. The molecule has 1 aliphatic heterocycles. The number of aliphatic hydroxyl groups is 1. The fourth-order valence-electron chi connectivity index (χ4n) is 2.36. The number of carbonyl (C=O) groups excluding carboxylic acids is 1. The molecule has 1 aromatic rings. The average Bonchev–Trinajstić information content (AvgIpc) is 2.94. The molecule has 21 heavy (non-hydrogen) atoms. The third-order valence-electron chi connectivity index (χ3n) is 3.56. The lowest BCUT2D eigenvalue weighted by molar-refractivity contribution is -0.139. The van der Waals surface area contributed by atoms with Crippen molar-refractivity contribution in [1.29, 1.82) is 0 Å². The van der Waals surface area contributed by atoms with Gasteiger partial charge in [0.25, 0.3) is 0 Å². The molecule has 1 aliphatic rings. The number of halogens is 1. The van der Waals surface area contributed by atoms with E-state index in [-0.39, 0.29) is 12.5 Å². The van der Waals surface area contributed by atoms with Crippen molar-refractivity contribution in [1.82, 2.24) is 10.2 Å². The lowest BCUT2D eigenvalue weighted by Gasteiger charge is -2.21. The molecule has 0 saturated carbocycles. The van der Waals surface area contributed by atoms with Crippen LogP contribution in [0.1, 0.15) is 18.0 Å². The van der Waals surface area contributed by atoms with E-state index in [4.69, 9.17) is 16.7 Å². The molecule has 6 nitrogen and oxygen atoms in total. The van der Waals surface area contributed by atoms with Crippen LogP contribution in [0.25, 0.3) is 0 Å². The summed E-state index contributed by atoms with van der Waals surface area (Å²) in [5, 5.41) is 21.2. The topological polar surface area (TPSA) is 89.9 Å². The van der Waals surface area contributed by atoms with Gasteiger partial charge in [-0.1, -0.05) is 29.8 Å². The van der Waals surface area contributed by atoms with Crippen LogP contribution in [0.5, 0.6) is 0 Å². The van der Waals surface area contributed by atoms with Crippen LogP contribution in [0.2, 0.25) is 5.02 Å². The number of carboxylic acid groups (broad SMARTS) is 1. The zero-order valence-corrected chi connectivity index (χ0v) is 12.1. The van der Waals surface area contributed by atoms with Crippen LogP contribution in [-0.2, 0) is 4.79 Å².